The average molecular weight is 256 g/mol. The van der Waals surface area contributed by atoms with Crippen molar-refractivity contribution in [2.75, 3.05) is 0 Å². The van der Waals surface area contributed by atoms with E-state index < -0.39 is 6.03 Å². The summed E-state index contributed by atoms with van der Waals surface area (Å²) in [6.07, 6.45) is 1.50. The van der Waals surface area contributed by atoms with Crippen LogP contribution in [0.4, 0.5) is 4.79 Å². The molecular formula is C11H14ClN3O2. The lowest BCUT2D eigenvalue weighted by Gasteiger charge is -2.11. The number of ether oxygens (including phenoxy) is 1. The molecule has 0 saturated heterocycles. The fourth-order valence-electron chi connectivity index (χ4n) is 1.12. The van der Waals surface area contributed by atoms with Crippen molar-refractivity contribution in [2.45, 2.75) is 20.0 Å². The van der Waals surface area contributed by atoms with Crippen molar-refractivity contribution >= 4 is 23.8 Å². The molecule has 0 aliphatic carbocycles. The van der Waals surface area contributed by atoms with Crippen molar-refractivity contribution in [3.8, 4) is 5.75 Å². The highest BCUT2D eigenvalue weighted by Crippen LogP contribution is 2.25. The van der Waals surface area contributed by atoms with Gasteiger partial charge in [-0.1, -0.05) is 11.6 Å². The maximum Gasteiger partial charge on any atom is 0.332 e. The molecule has 0 fully saturated rings. The van der Waals surface area contributed by atoms with E-state index in [0.29, 0.717) is 10.8 Å². The summed E-state index contributed by atoms with van der Waals surface area (Å²) in [4.78, 5) is 10.4. The first-order valence-electron chi connectivity index (χ1n) is 5.03. The maximum absolute atomic E-state index is 10.4. The number of urea groups is 1. The van der Waals surface area contributed by atoms with Gasteiger partial charge >= 0.3 is 6.03 Å². The molecule has 5 nitrogen and oxygen atoms in total. The summed E-state index contributed by atoms with van der Waals surface area (Å²) >= 11 is 6.02. The Hall–Kier alpha value is -1.75. The molecule has 0 atom stereocenters. The SMILES string of the molecule is CC(C)Oc1ccc(/C=N\NC(N)=O)cc1Cl. The van der Waals surface area contributed by atoms with E-state index in [2.05, 4.69) is 10.5 Å². The van der Waals surface area contributed by atoms with Gasteiger partial charge in [0.1, 0.15) is 5.75 Å². The van der Waals surface area contributed by atoms with Crippen LogP contribution >= 0.6 is 11.6 Å². The number of hydrogen-bond donors (Lipinski definition) is 2. The first-order chi connectivity index (χ1) is 7.99. The van der Waals surface area contributed by atoms with Crippen LogP contribution in [0.25, 0.3) is 0 Å². The van der Waals surface area contributed by atoms with Crippen molar-refractivity contribution in [1.29, 1.82) is 0 Å². The Morgan fingerprint density at radius 1 is 1.59 bits per heavy atom. The molecule has 0 bridgehead atoms. The van der Waals surface area contributed by atoms with Gasteiger partial charge in [0, 0.05) is 0 Å². The summed E-state index contributed by atoms with van der Waals surface area (Å²) in [5.74, 6) is 0.613. The minimum Gasteiger partial charge on any atom is -0.489 e. The molecule has 0 aliphatic rings. The summed E-state index contributed by atoms with van der Waals surface area (Å²) in [6, 6.07) is 4.49. The first-order valence-corrected chi connectivity index (χ1v) is 5.41. The van der Waals surface area contributed by atoms with Gasteiger partial charge in [-0.2, -0.15) is 5.10 Å². The van der Waals surface area contributed by atoms with Gasteiger partial charge < -0.3 is 10.5 Å². The Balaban J connectivity index is 2.74. The van der Waals surface area contributed by atoms with Crippen molar-refractivity contribution < 1.29 is 9.53 Å². The standard InChI is InChI=1S/C11H14ClN3O2/c1-7(2)17-10-4-3-8(5-9(10)12)6-14-15-11(13)16/h3-7H,1-2H3,(H3,13,15,16)/b14-6-. The normalized spacial score (nSPS) is 10.8. The van der Waals surface area contributed by atoms with Crippen molar-refractivity contribution in [1.82, 2.24) is 5.43 Å². The van der Waals surface area contributed by atoms with Gasteiger partial charge in [-0.05, 0) is 37.6 Å². The lowest BCUT2D eigenvalue weighted by molar-refractivity contribution is 0.242. The zero-order valence-corrected chi connectivity index (χ0v) is 10.4. The Labute approximate surface area is 105 Å². The van der Waals surface area contributed by atoms with Gasteiger partial charge in [-0.25, -0.2) is 10.2 Å². The molecule has 1 aromatic carbocycles. The predicted molar refractivity (Wildman–Crippen MR) is 67.5 cm³/mol. The lowest BCUT2D eigenvalue weighted by atomic mass is 10.2. The van der Waals surface area contributed by atoms with Crippen LogP contribution in [0.15, 0.2) is 23.3 Å². The van der Waals surface area contributed by atoms with Crippen LogP contribution < -0.4 is 15.9 Å². The van der Waals surface area contributed by atoms with Crippen LogP contribution in [0.3, 0.4) is 0 Å². The molecule has 6 heteroatoms. The summed E-state index contributed by atoms with van der Waals surface area (Å²) < 4.78 is 5.48. The van der Waals surface area contributed by atoms with E-state index in [4.69, 9.17) is 22.1 Å². The molecule has 1 aromatic rings. The van der Waals surface area contributed by atoms with E-state index in [0.717, 1.165) is 5.56 Å². The molecule has 0 unspecified atom stereocenters. The molecule has 0 radical (unpaired) electrons. The van der Waals surface area contributed by atoms with Crippen LogP contribution in [-0.2, 0) is 0 Å². The van der Waals surface area contributed by atoms with E-state index in [1.54, 1.807) is 18.2 Å². The third kappa shape index (κ3) is 4.74. The first kappa shape index (κ1) is 13.3. The molecule has 0 aliphatic heterocycles. The predicted octanol–water partition coefficient (Wildman–Crippen LogP) is 2.13. The van der Waals surface area contributed by atoms with Crippen LogP contribution in [0.1, 0.15) is 19.4 Å². The van der Waals surface area contributed by atoms with Gasteiger partial charge in [0.15, 0.2) is 0 Å². The van der Waals surface area contributed by atoms with Gasteiger partial charge in [-0.3, -0.25) is 0 Å². The second-order valence-electron chi connectivity index (χ2n) is 3.59. The van der Waals surface area contributed by atoms with Crippen LogP contribution in [0.2, 0.25) is 5.02 Å². The van der Waals surface area contributed by atoms with E-state index in [1.165, 1.54) is 6.21 Å². The highest BCUT2D eigenvalue weighted by Gasteiger charge is 2.04. The summed E-state index contributed by atoms with van der Waals surface area (Å²) in [5.41, 5.74) is 7.69. The fraction of sp³-hybridized carbons (Fsp3) is 0.273. The number of carbonyl (C=O) groups is 1. The Kier molecular flexibility index (Phi) is 4.78. The second-order valence-corrected chi connectivity index (χ2v) is 4.00. The van der Waals surface area contributed by atoms with Crippen LogP contribution in [-0.4, -0.2) is 18.3 Å². The number of hydrazone groups is 1. The maximum atomic E-state index is 10.4. The number of primary amides is 1. The molecule has 3 N–H and O–H groups in total. The van der Waals surface area contributed by atoms with Crippen LogP contribution in [0, 0.1) is 0 Å². The minimum absolute atomic E-state index is 0.0588. The van der Waals surface area contributed by atoms with Gasteiger partial charge in [-0.15, -0.1) is 0 Å². The zero-order valence-electron chi connectivity index (χ0n) is 9.61. The topological polar surface area (TPSA) is 76.7 Å². The number of carbonyl (C=O) groups excluding carboxylic acids is 1. The third-order valence-corrected chi connectivity index (χ3v) is 2.00. The van der Waals surface area contributed by atoms with E-state index in [1.807, 2.05) is 13.8 Å². The van der Waals surface area contributed by atoms with Crippen molar-refractivity contribution in [3.63, 3.8) is 0 Å². The quantitative estimate of drug-likeness (QED) is 0.639. The molecule has 17 heavy (non-hydrogen) atoms. The molecule has 0 spiro atoms. The van der Waals surface area contributed by atoms with Gasteiger partial charge in [0.05, 0.1) is 17.3 Å². The number of nitrogens with zero attached hydrogens (tertiary/aromatic N) is 1. The van der Waals surface area contributed by atoms with Gasteiger partial charge in [0.2, 0.25) is 0 Å². The molecule has 92 valence electrons. The number of amides is 2. The lowest BCUT2D eigenvalue weighted by Crippen LogP contribution is -2.24. The molecular weight excluding hydrogens is 242 g/mol. The van der Waals surface area contributed by atoms with Crippen LogP contribution in [0.5, 0.6) is 5.75 Å². The number of halogens is 1. The summed E-state index contributed by atoms with van der Waals surface area (Å²) in [5, 5.41) is 4.11. The molecule has 1 rings (SSSR count). The van der Waals surface area contributed by atoms with E-state index in [-0.39, 0.29) is 6.10 Å². The Bertz CT molecular complexity index is 433. The van der Waals surface area contributed by atoms with Gasteiger partial charge in [0.25, 0.3) is 0 Å². The minimum atomic E-state index is -0.716. The summed E-state index contributed by atoms with van der Waals surface area (Å²) in [6.45, 7) is 3.84. The highest BCUT2D eigenvalue weighted by molar-refractivity contribution is 6.32. The fourth-order valence-corrected chi connectivity index (χ4v) is 1.35. The number of nitrogens with one attached hydrogen (secondary N) is 1. The number of rotatable bonds is 4. The monoisotopic (exact) mass is 255 g/mol. The van der Waals surface area contributed by atoms with E-state index >= 15 is 0 Å². The number of benzene rings is 1. The summed E-state index contributed by atoms with van der Waals surface area (Å²) in [7, 11) is 0. The molecule has 0 aromatic heterocycles. The smallest absolute Gasteiger partial charge is 0.332 e. The average Bonchev–Trinajstić information content (AvgIpc) is 2.21. The Morgan fingerprint density at radius 3 is 2.82 bits per heavy atom. The molecule has 0 heterocycles. The molecule has 0 saturated carbocycles. The zero-order chi connectivity index (χ0) is 12.8. The van der Waals surface area contributed by atoms with E-state index in [9.17, 15) is 4.79 Å². The Morgan fingerprint density at radius 2 is 2.29 bits per heavy atom. The van der Waals surface area contributed by atoms with Crippen molar-refractivity contribution in [2.24, 2.45) is 10.8 Å². The van der Waals surface area contributed by atoms with Crippen molar-refractivity contribution in [3.05, 3.63) is 28.8 Å². The number of hydrogen-bond acceptors (Lipinski definition) is 3. The second kappa shape index (κ2) is 6.10. The molecule has 2 amide bonds. The highest BCUT2D eigenvalue weighted by atomic mass is 35.5. The number of nitrogens with two attached hydrogens (primary N) is 1. The largest absolute Gasteiger partial charge is 0.489 e. The third-order valence-electron chi connectivity index (χ3n) is 1.71.